The number of nitrogen functional groups attached to an aromatic ring is 1. The third-order valence-electron chi connectivity index (χ3n) is 3.64. The van der Waals surface area contributed by atoms with Crippen molar-refractivity contribution in [2.75, 3.05) is 17.3 Å². The minimum atomic E-state index is -3.06. The van der Waals surface area contributed by atoms with Crippen LogP contribution in [0.5, 0.6) is 5.75 Å². The quantitative estimate of drug-likeness (QED) is 0.802. The van der Waals surface area contributed by atoms with Gasteiger partial charge >= 0.3 is 6.61 Å². The average Bonchev–Trinajstić information content (AvgIpc) is 2.44. The molecule has 0 amide bonds. The normalized spacial score (nSPS) is 22.3. The van der Waals surface area contributed by atoms with Crippen molar-refractivity contribution in [3.63, 3.8) is 0 Å². The predicted octanol–water partition coefficient (Wildman–Crippen LogP) is 4.10. The largest absolute Gasteiger partial charge is 0.432 e. The third kappa shape index (κ3) is 4.36. The maximum atomic E-state index is 13.5. The van der Waals surface area contributed by atoms with Crippen LogP contribution in [0.4, 0.5) is 24.5 Å². The van der Waals surface area contributed by atoms with Gasteiger partial charge in [-0.3, -0.25) is 0 Å². The van der Waals surface area contributed by atoms with Crippen molar-refractivity contribution in [2.45, 2.75) is 43.6 Å². The van der Waals surface area contributed by atoms with Gasteiger partial charge in [0.2, 0.25) is 0 Å². The molecule has 1 aromatic carbocycles. The van der Waals surface area contributed by atoms with Crippen molar-refractivity contribution in [2.24, 2.45) is 0 Å². The zero-order valence-electron chi connectivity index (χ0n) is 11.7. The first-order valence-electron chi connectivity index (χ1n) is 6.82. The minimum Gasteiger partial charge on any atom is -0.432 e. The number of thioether (sulfide) groups is 1. The van der Waals surface area contributed by atoms with E-state index in [4.69, 9.17) is 5.73 Å². The van der Waals surface area contributed by atoms with Crippen LogP contribution in [0.25, 0.3) is 0 Å². The molecular weight excluding hydrogens is 301 g/mol. The number of rotatable bonds is 5. The van der Waals surface area contributed by atoms with E-state index in [2.05, 4.69) is 16.3 Å². The van der Waals surface area contributed by atoms with E-state index in [9.17, 15) is 13.2 Å². The Bertz CT molecular complexity index is 488. The summed E-state index contributed by atoms with van der Waals surface area (Å²) in [4.78, 5) is 0. The second-order valence-electron chi connectivity index (χ2n) is 5.11. The Kier molecular flexibility index (Phi) is 5.50. The van der Waals surface area contributed by atoms with Gasteiger partial charge in [-0.25, -0.2) is 4.39 Å². The highest BCUT2D eigenvalue weighted by Crippen LogP contribution is 2.33. The molecule has 0 bridgehead atoms. The molecule has 1 fully saturated rings. The Hall–Kier alpha value is -1.24. The molecule has 1 aliphatic carbocycles. The molecule has 2 rings (SSSR count). The van der Waals surface area contributed by atoms with Crippen molar-refractivity contribution in [1.82, 2.24) is 0 Å². The maximum absolute atomic E-state index is 13.5. The molecule has 2 unspecified atom stereocenters. The fourth-order valence-corrected chi connectivity index (χ4v) is 3.42. The summed E-state index contributed by atoms with van der Waals surface area (Å²) in [6.07, 6.45) is 6.32. The Labute approximate surface area is 126 Å². The van der Waals surface area contributed by atoms with Crippen molar-refractivity contribution in [3.8, 4) is 5.75 Å². The molecule has 3 N–H and O–H groups in total. The van der Waals surface area contributed by atoms with Gasteiger partial charge in [0.05, 0.1) is 11.4 Å². The van der Waals surface area contributed by atoms with Gasteiger partial charge in [-0.15, -0.1) is 0 Å². The van der Waals surface area contributed by atoms with E-state index < -0.39 is 18.2 Å². The van der Waals surface area contributed by atoms with Crippen LogP contribution in [-0.4, -0.2) is 24.2 Å². The number of nitrogens with two attached hydrogens (primary N) is 1. The molecule has 21 heavy (non-hydrogen) atoms. The SMILES string of the molecule is CSC1CCCC(Nc2cc(OC(F)F)c(F)cc2N)C1. The molecule has 0 spiro atoms. The first-order chi connectivity index (χ1) is 9.99. The summed E-state index contributed by atoms with van der Waals surface area (Å²) in [6.45, 7) is -3.06. The number of nitrogens with one attached hydrogen (secondary N) is 1. The van der Waals surface area contributed by atoms with Crippen molar-refractivity contribution in [3.05, 3.63) is 17.9 Å². The Balaban J connectivity index is 2.11. The first-order valence-corrected chi connectivity index (χ1v) is 8.11. The van der Waals surface area contributed by atoms with E-state index >= 15 is 0 Å². The van der Waals surface area contributed by atoms with Crippen molar-refractivity contribution >= 4 is 23.1 Å². The molecule has 0 radical (unpaired) electrons. The van der Waals surface area contributed by atoms with Gasteiger partial charge in [0.15, 0.2) is 11.6 Å². The van der Waals surface area contributed by atoms with E-state index in [1.807, 2.05) is 11.8 Å². The van der Waals surface area contributed by atoms with Crippen LogP contribution < -0.4 is 15.8 Å². The summed E-state index contributed by atoms with van der Waals surface area (Å²) < 4.78 is 42.2. The van der Waals surface area contributed by atoms with Gasteiger partial charge in [0.1, 0.15) is 0 Å². The van der Waals surface area contributed by atoms with Crippen LogP contribution in [0, 0.1) is 5.82 Å². The van der Waals surface area contributed by atoms with E-state index in [1.54, 1.807) is 0 Å². The fraction of sp³-hybridized carbons (Fsp3) is 0.571. The zero-order valence-corrected chi connectivity index (χ0v) is 12.6. The highest BCUT2D eigenvalue weighted by Gasteiger charge is 2.22. The Morgan fingerprint density at radius 3 is 2.81 bits per heavy atom. The van der Waals surface area contributed by atoms with Crippen LogP contribution in [-0.2, 0) is 0 Å². The molecule has 1 aliphatic rings. The maximum Gasteiger partial charge on any atom is 0.387 e. The average molecular weight is 320 g/mol. The summed E-state index contributed by atoms with van der Waals surface area (Å²) >= 11 is 1.82. The Morgan fingerprint density at radius 1 is 1.38 bits per heavy atom. The summed E-state index contributed by atoms with van der Waals surface area (Å²) in [5, 5.41) is 3.80. The third-order valence-corrected chi connectivity index (χ3v) is 4.73. The molecule has 1 aromatic rings. The van der Waals surface area contributed by atoms with E-state index in [0.717, 1.165) is 25.3 Å². The van der Waals surface area contributed by atoms with Gasteiger partial charge < -0.3 is 15.8 Å². The number of anilines is 2. The van der Waals surface area contributed by atoms with Crippen molar-refractivity contribution < 1.29 is 17.9 Å². The standard InChI is InChI=1S/C14H19F3N2OS/c1-21-9-4-2-3-8(5-9)19-12-7-13(20-14(16)17)10(15)6-11(12)18/h6-9,14,19H,2-5,18H2,1H3. The number of hydrogen-bond acceptors (Lipinski definition) is 4. The lowest BCUT2D eigenvalue weighted by atomic mass is 9.94. The molecular formula is C14H19F3N2OS. The Morgan fingerprint density at radius 2 is 2.14 bits per heavy atom. The zero-order chi connectivity index (χ0) is 15.4. The van der Waals surface area contributed by atoms with E-state index in [1.165, 1.54) is 12.5 Å². The van der Waals surface area contributed by atoms with E-state index in [0.29, 0.717) is 10.9 Å². The second-order valence-corrected chi connectivity index (χ2v) is 6.25. The molecule has 7 heteroatoms. The lowest BCUT2D eigenvalue weighted by Gasteiger charge is -2.30. The summed E-state index contributed by atoms with van der Waals surface area (Å²) in [7, 11) is 0. The summed E-state index contributed by atoms with van der Waals surface area (Å²) in [5.41, 5.74) is 6.39. The van der Waals surface area contributed by atoms with Gasteiger partial charge in [0.25, 0.3) is 0 Å². The highest BCUT2D eigenvalue weighted by molar-refractivity contribution is 7.99. The lowest BCUT2D eigenvalue weighted by molar-refractivity contribution is -0.0521. The highest BCUT2D eigenvalue weighted by atomic mass is 32.2. The molecule has 0 aromatic heterocycles. The van der Waals surface area contributed by atoms with Crippen LogP contribution >= 0.6 is 11.8 Å². The number of benzene rings is 1. The molecule has 0 heterocycles. The second kappa shape index (κ2) is 7.15. The van der Waals surface area contributed by atoms with Crippen LogP contribution in [0.1, 0.15) is 25.7 Å². The minimum absolute atomic E-state index is 0.195. The number of hydrogen-bond donors (Lipinski definition) is 2. The summed E-state index contributed by atoms with van der Waals surface area (Å²) in [6, 6.07) is 2.43. The molecule has 1 saturated carbocycles. The number of ether oxygens (including phenoxy) is 1. The van der Waals surface area contributed by atoms with Gasteiger partial charge in [0, 0.05) is 23.4 Å². The number of alkyl halides is 2. The first kappa shape index (κ1) is 16.1. The molecule has 0 saturated heterocycles. The lowest BCUT2D eigenvalue weighted by Crippen LogP contribution is -2.28. The smallest absolute Gasteiger partial charge is 0.387 e. The van der Waals surface area contributed by atoms with E-state index in [-0.39, 0.29) is 11.7 Å². The van der Waals surface area contributed by atoms with Gasteiger partial charge in [-0.05, 0) is 25.5 Å². The molecule has 2 atom stereocenters. The topological polar surface area (TPSA) is 47.3 Å². The fourth-order valence-electron chi connectivity index (χ4n) is 2.59. The van der Waals surface area contributed by atoms with Crippen LogP contribution in [0.2, 0.25) is 0 Å². The molecule has 0 aliphatic heterocycles. The van der Waals surface area contributed by atoms with Gasteiger partial charge in [-0.1, -0.05) is 6.42 Å². The van der Waals surface area contributed by atoms with Gasteiger partial charge in [-0.2, -0.15) is 20.5 Å². The molecule has 118 valence electrons. The van der Waals surface area contributed by atoms with Crippen LogP contribution in [0.3, 0.4) is 0 Å². The van der Waals surface area contributed by atoms with Crippen LogP contribution in [0.15, 0.2) is 12.1 Å². The molecule has 3 nitrogen and oxygen atoms in total. The number of halogens is 3. The monoisotopic (exact) mass is 320 g/mol. The predicted molar refractivity (Wildman–Crippen MR) is 80.6 cm³/mol. The van der Waals surface area contributed by atoms with Crippen molar-refractivity contribution in [1.29, 1.82) is 0 Å². The summed E-state index contributed by atoms with van der Waals surface area (Å²) in [5.74, 6) is -1.37.